The Bertz CT molecular complexity index is 1120. The van der Waals surface area contributed by atoms with Crippen LogP contribution >= 0.6 is 0 Å². The predicted molar refractivity (Wildman–Crippen MR) is 141 cm³/mol. The van der Waals surface area contributed by atoms with Gasteiger partial charge in [-0.05, 0) is 97.0 Å². The summed E-state index contributed by atoms with van der Waals surface area (Å²) in [6.07, 6.45) is 37.7. The first-order valence-corrected chi connectivity index (χ1v) is 13.0. The van der Waals surface area contributed by atoms with Gasteiger partial charge >= 0.3 is 0 Å². The van der Waals surface area contributed by atoms with Gasteiger partial charge in [0, 0.05) is 11.8 Å². The summed E-state index contributed by atoms with van der Waals surface area (Å²) >= 11 is 0. The molecule has 1 spiro atoms. The predicted octanol–water partition coefficient (Wildman–Crippen LogP) is 8.83. The minimum absolute atomic E-state index is 0.341. The van der Waals surface area contributed by atoms with Crippen LogP contribution in [0.1, 0.15) is 57.8 Å². The smallest absolute Gasteiger partial charge is 0.0267 e. The van der Waals surface area contributed by atoms with E-state index in [4.69, 9.17) is 0 Å². The van der Waals surface area contributed by atoms with Gasteiger partial charge in [-0.15, -0.1) is 0 Å². The largest absolute Gasteiger partial charge is 0.0952 e. The summed E-state index contributed by atoms with van der Waals surface area (Å²) in [6.45, 7) is 8.72. The maximum Gasteiger partial charge on any atom is 0.0267 e. The van der Waals surface area contributed by atoms with E-state index in [1.165, 1.54) is 78.4 Å². The highest BCUT2D eigenvalue weighted by Crippen LogP contribution is 2.57. The van der Waals surface area contributed by atoms with Gasteiger partial charge in [0.1, 0.15) is 0 Å². The fraction of sp³-hybridized carbons (Fsp3) is 0.394. The lowest BCUT2D eigenvalue weighted by molar-refractivity contribution is 0.256. The summed E-state index contributed by atoms with van der Waals surface area (Å²) in [5, 5.41) is 0. The van der Waals surface area contributed by atoms with Crippen molar-refractivity contribution in [2.75, 3.05) is 0 Å². The minimum atomic E-state index is 0.341. The molecule has 0 aromatic heterocycles. The van der Waals surface area contributed by atoms with E-state index in [9.17, 15) is 0 Å². The van der Waals surface area contributed by atoms with Gasteiger partial charge in [0.05, 0.1) is 0 Å². The van der Waals surface area contributed by atoms with Gasteiger partial charge in [-0.25, -0.2) is 0 Å². The highest BCUT2D eigenvalue weighted by atomic mass is 14.5. The summed E-state index contributed by atoms with van der Waals surface area (Å²) in [7, 11) is 0. The molecule has 0 heterocycles. The Kier molecular flexibility index (Phi) is 5.28. The second-order valence-corrected chi connectivity index (χ2v) is 11.3. The Morgan fingerprint density at radius 3 is 2.52 bits per heavy atom. The van der Waals surface area contributed by atoms with Crippen LogP contribution in [0.2, 0.25) is 0 Å². The Labute approximate surface area is 199 Å². The molecule has 6 aliphatic carbocycles. The monoisotopic (exact) mass is 432 g/mol. The first-order valence-electron chi connectivity index (χ1n) is 13.0. The van der Waals surface area contributed by atoms with E-state index < -0.39 is 0 Å². The molecule has 0 aliphatic heterocycles. The lowest BCUT2D eigenvalue weighted by Gasteiger charge is -2.29. The summed E-state index contributed by atoms with van der Waals surface area (Å²) in [5.74, 6) is 1.74. The molecule has 0 aromatic carbocycles. The van der Waals surface area contributed by atoms with Crippen LogP contribution in [0.4, 0.5) is 0 Å². The van der Waals surface area contributed by atoms with Crippen molar-refractivity contribution in [3.63, 3.8) is 0 Å². The summed E-state index contributed by atoms with van der Waals surface area (Å²) in [6, 6.07) is 0. The molecule has 2 atom stereocenters. The Hall–Kier alpha value is -2.60. The normalized spacial score (nSPS) is 29.1. The summed E-state index contributed by atoms with van der Waals surface area (Å²) < 4.78 is 0. The van der Waals surface area contributed by atoms with Crippen molar-refractivity contribution in [1.29, 1.82) is 0 Å². The number of fused-ring (bicyclic) bond motifs is 2. The molecule has 33 heavy (non-hydrogen) atoms. The van der Waals surface area contributed by atoms with E-state index in [1.807, 2.05) is 0 Å². The molecule has 0 bridgehead atoms. The quantitative estimate of drug-likeness (QED) is 0.393. The average Bonchev–Trinajstić information content (AvgIpc) is 3.46. The Morgan fingerprint density at radius 2 is 1.70 bits per heavy atom. The SMILES string of the molecule is C=C(CCC1=CC2C=C(CC3CCC4(CC3)CC4)C=CC2=C1)C1=CC(=C)C2C=CC=CC2=C1. The molecular formula is C33H36. The first kappa shape index (κ1) is 21.0. The van der Waals surface area contributed by atoms with Crippen molar-refractivity contribution in [3.8, 4) is 0 Å². The van der Waals surface area contributed by atoms with Crippen LogP contribution in [0.15, 0.2) is 119 Å². The highest BCUT2D eigenvalue weighted by Gasteiger charge is 2.44. The number of hydrogen-bond donors (Lipinski definition) is 0. The zero-order valence-electron chi connectivity index (χ0n) is 19.9. The van der Waals surface area contributed by atoms with Gasteiger partial charge < -0.3 is 0 Å². The van der Waals surface area contributed by atoms with Crippen LogP contribution in [0.25, 0.3) is 0 Å². The third kappa shape index (κ3) is 4.33. The molecule has 0 amide bonds. The van der Waals surface area contributed by atoms with E-state index in [0.29, 0.717) is 11.8 Å². The molecule has 0 heteroatoms. The van der Waals surface area contributed by atoms with Gasteiger partial charge in [-0.3, -0.25) is 0 Å². The lowest BCUT2D eigenvalue weighted by Crippen LogP contribution is -2.16. The van der Waals surface area contributed by atoms with Crippen molar-refractivity contribution in [2.24, 2.45) is 23.2 Å². The molecule has 6 aliphatic rings. The molecule has 0 N–H and O–H groups in total. The molecule has 0 nitrogen and oxygen atoms in total. The maximum absolute atomic E-state index is 4.42. The average molecular weight is 433 g/mol. The van der Waals surface area contributed by atoms with E-state index in [1.54, 1.807) is 5.57 Å². The second kappa shape index (κ2) is 8.32. The fourth-order valence-electron chi connectivity index (χ4n) is 6.46. The standard InChI is InChI=1S/C33H36/c1-23(30-17-24(2)32-6-4-3-5-29(32)22-30)7-8-27-19-28-10-9-26(20-31(28)21-27)18-25-11-13-33(14-12-25)15-16-33/h3-6,9-10,17,19-22,25,31-32H,1-2,7-8,11-16,18H2. The fourth-order valence-corrected chi connectivity index (χ4v) is 6.46. The molecule has 0 aromatic rings. The van der Waals surface area contributed by atoms with Crippen molar-refractivity contribution in [2.45, 2.75) is 57.8 Å². The van der Waals surface area contributed by atoms with Gasteiger partial charge in [0.25, 0.3) is 0 Å². The third-order valence-corrected chi connectivity index (χ3v) is 8.91. The summed E-state index contributed by atoms with van der Waals surface area (Å²) in [4.78, 5) is 0. The van der Waals surface area contributed by atoms with Crippen molar-refractivity contribution < 1.29 is 0 Å². The van der Waals surface area contributed by atoms with Crippen molar-refractivity contribution in [1.82, 2.24) is 0 Å². The topological polar surface area (TPSA) is 0 Å². The van der Waals surface area contributed by atoms with Crippen LogP contribution in [-0.2, 0) is 0 Å². The zero-order valence-corrected chi connectivity index (χ0v) is 19.9. The van der Waals surface area contributed by atoms with Gasteiger partial charge in [-0.1, -0.05) is 91.1 Å². The second-order valence-electron chi connectivity index (χ2n) is 11.3. The van der Waals surface area contributed by atoms with Crippen LogP contribution < -0.4 is 0 Å². The van der Waals surface area contributed by atoms with Gasteiger partial charge in [-0.2, -0.15) is 0 Å². The molecular weight excluding hydrogens is 396 g/mol. The van der Waals surface area contributed by atoms with Crippen LogP contribution in [0.5, 0.6) is 0 Å². The zero-order chi connectivity index (χ0) is 22.4. The van der Waals surface area contributed by atoms with Gasteiger partial charge in [0.15, 0.2) is 0 Å². The first-order chi connectivity index (χ1) is 16.1. The van der Waals surface area contributed by atoms with Crippen LogP contribution in [0, 0.1) is 23.2 Å². The number of hydrogen-bond acceptors (Lipinski definition) is 0. The molecule has 0 saturated heterocycles. The molecule has 2 unspecified atom stereocenters. The lowest BCUT2D eigenvalue weighted by atomic mass is 9.76. The van der Waals surface area contributed by atoms with Crippen molar-refractivity contribution >= 4 is 0 Å². The Balaban J connectivity index is 1.05. The van der Waals surface area contributed by atoms with E-state index in [-0.39, 0.29) is 0 Å². The third-order valence-electron chi connectivity index (χ3n) is 8.91. The van der Waals surface area contributed by atoms with Crippen LogP contribution in [0.3, 0.4) is 0 Å². The molecule has 2 fully saturated rings. The number of rotatable bonds is 6. The minimum Gasteiger partial charge on any atom is -0.0952 e. The van der Waals surface area contributed by atoms with E-state index >= 15 is 0 Å². The number of allylic oxidation sites excluding steroid dienone is 18. The highest BCUT2D eigenvalue weighted by molar-refractivity contribution is 5.57. The molecule has 6 rings (SSSR count). The molecule has 168 valence electrons. The van der Waals surface area contributed by atoms with Crippen LogP contribution in [-0.4, -0.2) is 0 Å². The van der Waals surface area contributed by atoms with Crippen molar-refractivity contribution in [3.05, 3.63) is 119 Å². The van der Waals surface area contributed by atoms with E-state index in [2.05, 4.69) is 80.0 Å². The van der Waals surface area contributed by atoms with Gasteiger partial charge in [0.2, 0.25) is 0 Å². The molecule has 2 saturated carbocycles. The summed E-state index contributed by atoms with van der Waals surface area (Å²) in [5.41, 5.74) is 10.3. The maximum atomic E-state index is 4.42. The Morgan fingerprint density at radius 1 is 0.879 bits per heavy atom. The van der Waals surface area contributed by atoms with E-state index in [0.717, 1.165) is 24.2 Å². The molecule has 0 radical (unpaired) electrons.